The Labute approximate surface area is 140 Å². The van der Waals surface area contributed by atoms with Crippen LogP contribution in [0, 0.1) is 5.92 Å². The third-order valence-electron chi connectivity index (χ3n) is 4.89. The zero-order chi connectivity index (χ0) is 16.9. The van der Waals surface area contributed by atoms with Gasteiger partial charge in [-0.3, -0.25) is 0 Å². The average Bonchev–Trinajstić information content (AvgIpc) is 2.85. The summed E-state index contributed by atoms with van der Waals surface area (Å²) >= 11 is 0. The molecule has 0 radical (unpaired) electrons. The highest BCUT2D eigenvalue weighted by Crippen LogP contribution is 2.43. The predicted molar refractivity (Wildman–Crippen MR) is 89.4 cm³/mol. The summed E-state index contributed by atoms with van der Waals surface area (Å²) in [6, 6.07) is 0. The van der Waals surface area contributed by atoms with Crippen LogP contribution in [0.15, 0.2) is 0 Å². The van der Waals surface area contributed by atoms with Crippen molar-refractivity contribution in [1.82, 2.24) is 5.32 Å². The number of nitrogens with one attached hydrogen (secondary N) is 1. The van der Waals surface area contributed by atoms with E-state index < -0.39 is 11.7 Å². The number of carbonyl (C=O) groups excluding carboxylic acids is 1. The number of rotatable bonds is 5. The van der Waals surface area contributed by atoms with Gasteiger partial charge in [-0.1, -0.05) is 19.3 Å². The maximum absolute atomic E-state index is 11.7. The van der Waals surface area contributed by atoms with E-state index >= 15 is 0 Å². The van der Waals surface area contributed by atoms with Gasteiger partial charge in [0.1, 0.15) is 5.60 Å². The fourth-order valence-electron chi connectivity index (χ4n) is 3.76. The molecule has 23 heavy (non-hydrogen) atoms. The summed E-state index contributed by atoms with van der Waals surface area (Å²) in [6.45, 7) is 6.01. The minimum Gasteiger partial charge on any atom is -0.444 e. The van der Waals surface area contributed by atoms with Gasteiger partial charge in [0.15, 0.2) is 0 Å². The van der Waals surface area contributed by atoms with Gasteiger partial charge in [0.2, 0.25) is 0 Å². The van der Waals surface area contributed by atoms with E-state index in [0.717, 1.165) is 19.3 Å². The van der Waals surface area contributed by atoms with Gasteiger partial charge in [-0.05, 0) is 52.9 Å². The number of aliphatic hydroxyl groups excluding tert-OH is 1. The van der Waals surface area contributed by atoms with E-state index in [4.69, 9.17) is 9.47 Å². The minimum atomic E-state index is -0.499. The molecular formula is C18H33NO4. The largest absolute Gasteiger partial charge is 0.444 e. The molecular weight excluding hydrogens is 294 g/mol. The molecule has 2 rings (SSSR count). The van der Waals surface area contributed by atoms with Gasteiger partial charge in [-0.25, -0.2) is 4.79 Å². The van der Waals surface area contributed by atoms with E-state index in [1.54, 1.807) is 0 Å². The van der Waals surface area contributed by atoms with Crippen LogP contribution in [0.4, 0.5) is 4.79 Å². The molecule has 2 fully saturated rings. The summed E-state index contributed by atoms with van der Waals surface area (Å²) in [5, 5.41) is 12.3. The smallest absolute Gasteiger partial charge is 0.407 e. The fraction of sp³-hybridized carbons (Fsp3) is 0.944. The van der Waals surface area contributed by atoms with Gasteiger partial charge >= 0.3 is 6.09 Å². The zero-order valence-corrected chi connectivity index (χ0v) is 14.9. The van der Waals surface area contributed by atoms with Crippen LogP contribution in [0.2, 0.25) is 0 Å². The summed E-state index contributed by atoms with van der Waals surface area (Å²) in [5.74, 6) is 0.0197. The molecule has 5 nitrogen and oxygen atoms in total. The summed E-state index contributed by atoms with van der Waals surface area (Å²) in [6.07, 6.45) is 9.05. The summed E-state index contributed by atoms with van der Waals surface area (Å²) < 4.78 is 11.6. The third kappa shape index (κ3) is 5.96. The Kier molecular flexibility index (Phi) is 6.32. The molecule has 1 amide bonds. The summed E-state index contributed by atoms with van der Waals surface area (Å²) in [7, 11) is 0. The van der Waals surface area contributed by atoms with Crippen molar-refractivity contribution in [3.8, 4) is 0 Å². The Balaban J connectivity index is 1.73. The molecule has 0 aromatic carbocycles. The van der Waals surface area contributed by atoms with E-state index in [2.05, 4.69) is 5.32 Å². The second kappa shape index (κ2) is 7.84. The maximum atomic E-state index is 11.7. The molecule has 1 aliphatic heterocycles. The number of aliphatic hydroxyl groups is 1. The van der Waals surface area contributed by atoms with Crippen molar-refractivity contribution >= 4 is 6.09 Å². The first kappa shape index (κ1) is 18.5. The maximum Gasteiger partial charge on any atom is 0.407 e. The SMILES string of the molecule is CC(C)(C)OC(=O)NCC(CO)CC1CCC2(CCCCC2)O1. The van der Waals surface area contributed by atoms with Crippen LogP contribution >= 0.6 is 0 Å². The molecule has 2 aliphatic rings. The lowest BCUT2D eigenvalue weighted by molar-refractivity contribution is -0.0715. The fourth-order valence-corrected chi connectivity index (χ4v) is 3.76. The Morgan fingerprint density at radius 3 is 2.61 bits per heavy atom. The van der Waals surface area contributed by atoms with Gasteiger partial charge in [-0.2, -0.15) is 0 Å². The van der Waals surface area contributed by atoms with Crippen LogP contribution in [0.3, 0.4) is 0 Å². The molecule has 0 bridgehead atoms. The van der Waals surface area contributed by atoms with Gasteiger partial charge in [0.25, 0.3) is 0 Å². The molecule has 1 spiro atoms. The van der Waals surface area contributed by atoms with E-state index in [1.165, 1.54) is 32.1 Å². The first-order valence-electron chi connectivity index (χ1n) is 9.07. The Bertz CT molecular complexity index is 385. The Morgan fingerprint density at radius 2 is 2.00 bits per heavy atom. The Morgan fingerprint density at radius 1 is 1.30 bits per heavy atom. The number of carbonyl (C=O) groups is 1. The highest BCUT2D eigenvalue weighted by Gasteiger charge is 2.41. The molecule has 0 aromatic rings. The molecule has 134 valence electrons. The Hall–Kier alpha value is -0.810. The van der Waals surface area contributed by atoms with Crippen molar-refractivity contribution in [2.45, 2.75) is 89.4 Å². The van der Waals surface area contributed by atoms with E-state index in [9.17, 15) is 9.90 Å². The lowest BCUT2D eigenvalue weighted by Crippen LogP contribution is -2.37. The average molecular weight is 327 g/mol. The van der Waals surface area contributed by atoms with E-state index in [0.29, 0.717) is 6.54 Å². The van der Waals surface area contributed by atoms with Gasteiger partial charge in [0.05, 0.1) is 11.7 Å². The first-order chi connectivity index (χ1) is 10.8. The first-order valence-corrected chi connectivity index (χ1v) is 9.07. The van der Waals surface area contributed by atoms with Crippen LogP contribution in [-0.4, -0.2) is 41.7 Å². The van der Waals surface area contributed by atoms with Crippen molar-refractivity contribution in [1.29, 1.82) is 0 Å². The van der Waals surface area contributed by atoms with Crippen molar-refractivity contribution in [3.05, 3.63) is 0 Å². The van der Waals surface area contributed by atoms with Gasteiger partial charge < -0.3 is 19.9 Å². The molecule has 2 atom stereocenters. The minimum absolute atomic E-state index is 0.0197. The molecule has 0 aromatic heterocycles. The quantitative estimate of drug-likeness (QED) is 0.812. The van der Waals surface area contributed by atoms with E-state index in [-0.39, 0.29) is 24.2 Å². The molecule has 1 heterocycles. The van der Waals surface area contributed by atoms with Crippen LogP contribution in [-0.2, 0) is 9.47 Å². The van der Waals surface area contributed by atoms with Crippen molar-refractivity contribution in [2.75, 3.05) is 13.2 Å². The standard InChI is InChI=1S/C18H33NO4/c1-17(2,3)23-16(21)19-12-14(13-20)11-15-7-10-18(22-15)8-5-4-6-9-18/h14-15,20H,4-13H2,1-3H3,(H,19,21). The number of hydrogen-bond donors (Lipinski definition) is 2. The highest BCUT2D eigenvalue weighted by atomic mass is 16.6. The van der Waals surface area contributed by atoms with Gasteiger partial charge in [0, 0.05) is 19.1 Å². The molecule has 2 N–H and O–H groups in total. The van der Waals surface area contributed by atoms with Crippen LogP contribution in [0.25, 0.3) is 0 Å². The predicted octanol–water partition coefficient (Wildman–Crippen LogP) is 3.39. The number of amides is 1. The van der Waals surface area contributed by atoms with Crippen molar-refractivity contribution in [3.63, 3.8) is 0 Å². The lowest BCUT2D eigenvalue weighted by Gasteiger charge is -2.33. The monoisotopic (exact) mass is 327 g/mol. The van der Waals surface area contributed by atoms with E-state index in [1.807, 2.05) is 20.8 Å². The molecule has 5 heteroatoms. The summed E-state index contributed by atoms with van der Waals surface area (Å²) in [5.41, 5.74) is -0.387. The number of ether oxygens (including phenoxy) is 2. The molecule has 1 aliphatic carbocycles. The topological polar surface area (TPSA) is 67.8 Å². The second-order valence-corrected chi connectivity index (χ2v) is 8.19. The van der Waals surface area contributed by atoms with Crippen LogP contribution in [0.1, 0.15) is 72.1 Å². The normalized spacial score (nSPS) is 25.3. The van der Waals surface area contributed by atoms with Crippen molar-refractivity contribution < 1.29 is 19.4 Å². The van der Waals surface area contributed by atoms with Crippen molar-refractivity contribution in [2.24, 2.45) is 5.92 Å². The molecule has 1 saturated carbocycles. The van der Waals surface area contributed by atoms with Crippen LogP contribution in [0.5, 0.6) is 0 Å². The second-order valence-electron chi connectivity index (χ2n) is 8.19. The number of hydrogen-bond acceptors (Lipinski definition) is 4. The third-order valence-corrected chi connectivity index (χ3v) is 4.89. The molecule has 1 saturated heterocycles. The van der Waals surface area contributed by atoms with Crippen LogP contribution < -0.4 is 5.32 Å². The summed E-state index contributed by atoms with van der Waals surface area (Å²) in [4.78, 5) is 11.7. The number of alkyl carbamates (subject to hydrolysis) is 1. The zero-order valence-electron chi connectivity index (χ0n) is 14.9. The van der Waals surface area contributed by atoms with Gasteiger partial charge in [-0.15, -0.1) is 0 Å². The molecule has 2 unspecified atom stereocenters. The highest BCUT2D eigenvalue weighted by molar-refractivity contribution is 5.67. The lowest BCUT2D eigenvalue weighted by atomic mass is 9.83.